The number of rotatable bonds is 8. The van der Waals surface area contributed by atoms with Crippen molar-refractivity contribution in [3.05, 3.63) is 98.4 Å². The molecule has 1 saturated heterocycles. The van der Waals surface area contributed by atoms with Gasteiger partial charge < -0.3 is 15.0 Å². The molecule has 2 amide bonds. The first-order valence-electron chi connectivity index (χ1n) is 12.8. The number of likely N-dealkylation sites (tertiary alicyclic amines) is 1. The minimum absolute atomic E-state index is 0.0154. The molecule has 4 rings (SSSR count). The van der Waals surface area contributed by atoms with Crippen molar-refractivity contribution < 1.29 is 19.2 Å². The quantitative estimate of drug-likeness (QED) is 0.334. The highest BCUT2D eigenvalue weighted by molar-refractivity contribution is 5.97. The highest BCUT2D eigenvalue weighted by Crippen LogP contribution is 2.31. The Morgan fingerprint density at radius 2 is 1.82 bits per heavy atom. The molecular formula is C29H32N4O5. The van der Waals surface area contributed by atoms with Gasteiger partial charge in [-0.1, -0.05) is 24.3 Å². The van der Waals surface area contributed by atoms with Crippen LogP contribution in [-0.2, 0) is 6.54 Å². The number of piperidine rings is 1. The Labute approximate surface area is 222 Å². The van der Waals surface area contributed by atoms with Crippen LogP contribution in [0.5, 0.6) is 5.75 Å². The van der Waals surface area contributed by atoms with E-state index in [1.54, 1.807) is 17.9 Å². The van der Waals surface area contributed by atoms with Gasteiger partial charge in [0.2, 0.25) is 0 Å². The molecule has 0 bridgehead atoms. The van der Waals surface area contributed by atoms with Gasteiger partial charge in [-0.15, -0.1) is 0 Å². The summed E-state index contributed by atoms with van der Waals surface area (Å²) in [5.74, 6) is 0.340. The average Bonchev–Trinajstić information content (AvgIpc) is 2.92. The molecule has 0 radical (unpaired) electrons. The molecule has 1 aliphatic rings. The van der Waals surface area contributed by atoms with E-state index in [0.29, 0.717) is 55.8 Å². The minimum atomic E-state index is -0.492. The highest BCUT2D eigenvalue weighted by Gasteiger charge is 2.29. The van der Waals surface area contributed by atoms with Gasteiger partial charge in [0.25, 0.3) is 17.5 Å². The van der Waals surface area contributed by atoms with Gasteiger partial charge in [0.15, 0.2) is 0 Å². The van der Waals surface area contributed by atoms with Gasteiger partial charge in [-0.25, -0.2) is 0 Å². The van der Waals surface area contributed by atoms with Crippen molar-refractivity contribution >= 4 is 17.5 Å². The Hall–Kier alpha value is -4.27. The van der Waals surface area contributed by atoms with Gasteiger partial charge >= 0.3 is 0 Å². The van der Waals surface area contributed by atoms with E-state index < -0.39 is 4.92 Å². The first kappa shape index (κ1) is 26.8. The van der Waals surface area contributed by atoms with Crippen LogP contribution in [0.25, 0.3) is 0 Å². The molecular weight excluding hydrogens is 484 g/mol. The fraction of sp³-hybridized carbons (Fsp3) is 0.345. The second-order valence-corrected chi connectivity index (χ2v) is 9.43. The topological polar surface area (TPSA) is 115 Å². The van der Waals surface area contributed by atoms with E-state index in [0.717, 1.165) is 22.7 Å². The van der Waals surface area contributed by atoms with E-state index in [9.17, 15) is 19.7 Å². The second-order valence-electron chi connectivity index (χ2n) is 9.43. The molecule has 0 unspecified atom stereocenters. The Morgan fingerprint density at radius 1 is 1.08 bits per heavy atom. The van der Waals surface area contributed by atoms with E-state index in [1.165, 1.54) is 12.1 Å². The third kappa shape index (κ3) is 5.99. The molecule has 2 heterocycles. The number of amides is 2. The summed E-state index contributed by atoms with van der Waals surface area (Å²) in [4.78, 5) is 43.6. The summed E-state index contributed by atoms with van der Waals surface area (Å²) in [7, 11) is 0. The van der Waals surface area contributed by atoms with E-state index in [2.05, 4.69) is 5.32 Å². The van der Waals surface area contributed by atoms with Crippen molar-refractivity contribution in [3.8, 4) is 5.75 Å². The number of aromatic nitrogens is 1. The molecule has 1 aromatic heterocycles. The second kappa shape index (κ2) is 11.9. The molecule has 9 heteroatoms. The summed E-state index contributed by atoms with van der Waals surface area (Å²) in [5, 5.41) is 14.2. The number of nitrogens with one attached hydrogen (secondary N) is 1. The van der Waals surface area contributed by atoms with Crippen LogP contribution in [0.3, 0.4) is 0 Å². The summed E-state index contributed by atoms with van der Waals surface area (Å²) in [5.41, 5.74) is 3.93. The summed E-state index contributed by atoms with van der Waals surface area (Å²) in [6.07, 6.45) is 1.28. The molecule has 2 aromatic carbocycles. The fourth-order valence-electron chi connectivity index (χ4n) is 4.78. The van der Waals surface area contributed by atoms with Crippen LogP contribution < -0.4 is 10.1 Å². The predicted molar refractivity (Wildman–Crippen MR) is 143 cm³/mol. The van der Waals surface area contributed by atoms with Crippen molar-refractivity contribution in [2.24, 2.45) is 0 Å². The van der Waals surface area contributed by atoms with Crippen molar-refractivity contribution in [2.75, 3.05) is 19.7 Å². The zero-order valence-electron chi connectivity index (χ0n) is 21.9. The molecule has 0 aliphatic carbocycles. The SMILES string of the molecule is CCOc1ccccc1CNC(=O)c1ccc(C)nc1C1CCN(C(=O)c2cc([N+](=O)[O-])ccc2C)CC1. The van der Waals surface area contributed by atoms with Gasteiger partial charge in [-0.05, 0) is 57.4 Å². The van der Waals surface area contributed by atoms with Crippen LogP contribution in [0.15, 0.2) is 54.6 Å². The largest absolute Gasteiger partial charge is 0.494 e. The number of hydrogen-bond acceptors (Lipinski definition) is 6. The Balaban J connectivity index is 1.46. The smallest absolute Gasteiger partial charge is 0.270 e. The normalized spacial score (nSPS) is 13.7. The molecule has 3 aromatic rings. The lowest BCUT2D eigenvalue weighted by Gasteiger charge is -2.32. The summed E-state index contributed by atoms with van der Waals surface area (Å²) >= 11 is 0. The van der Waals surface area contributed by atoms with Crippen molar-refractivity contribution in [1.82, 2.24) is 15.2 Å². The molecule has 9 nitrogen and oxygen atoms in total. The van der Waals surface area contributed by atoms with Crippen molar-refractivity contribution in [1.29, 1.82) is 0 Å². The first-order chi connectivity index (χ1) is 18.3. The fourth-order valence-corrected chi connectivity index (χ4v) is 4.78. The lowest BCUT2D eigenvalue weighted by molar-refractivity contribution is -0.384. The van der Waals surface area contributed by atoms with E-state index in [-0.39, 0.29) is 23.4 Å². The Bertz CT molecular complexity index is 1350. The number of hydrogen-bond donors (Lipinski definition) is 1. The zero-order chi connectivity index (χ0) is 27.2. The van der Waals surface area contributed by atoms with Crippen LogP contribution in [0.4, 0.5) is 5.69 Å². The number of nitrogens with zero attached hydrogens (tertiary/aromatic N) is 3. The Kier molecular flexibility index (Phi) is 8.35. The van der Waals surface area contributed by atoms with Gasteiger partial charge in [0.05, 0.1) is 22.8 Å². The van der Waals surface area contributed by atoms with Gasteiger partial charge in [-0.3, -0.25) is 24.7 Å². The van der Waals surface area contributed by atoms with Gasteiger partial charge in [0.1, 0.15) is 5.75 Å². The molecule has 0 saturated carbocycles. The highest BCUT2D eigenvalue weighted by atomic mass is 16.6. The molecule has 38 heavy (non-hydrogen) atoms. The molecule has 0 atom stereocenters. The maximum Gasteiger partial charge on any atom is 0.270 e. The van der Waals surface area contributed by atoms with Crippen LogP contribution in [0.2, 0.25) is 0 Å². The molecule has 1 aliphatic heterocycles. The number of nitro groups is 1. The molecule has 1 N–H and O–H groups in total. The van der Waals surface area contributed by atoms with Crippen LogP contribution in [0.1, 0.15) is 68.9 Å². The standard InChI is InChI=1S/C29H32N4O5/c1-4-38-26-8-6-5-7-22(26)18-30-28(34)24-12-10-20(3)31-27(24)21-13-15-32(16-14-21)29(35)25-17-23(33(36)37)11-9-19(25)2/h5-12,17,21H,4,13-16,18H2,1-3H3,(H,30,34). The number of aryl methyl sites for hydroxylation is 2. The van der Waals surface area contributed by atoms with E-state index in [4.69, 9.17) is 9.72 Å². The van der Waals surface area contributed by atoms with Gasteiger partial charge in [-0.2, -0.15) is 0 Å². The van der Waals surface area contributed by atoms with E-state index >= 15 is 0 Å². The predicted octanol–water partition coefficient (Wildman–Crippen LogP) is 4.96. The number of pyridine rings is 1. The maximum atomic E-state index is 13.2. The van der Waals surface area contributed by atoms with E-state index in [1.807, 2.05) is 50.2 Å². The van der Waals surface area contributed by atoms with Crippen LogP contribution in [-0.4, -0.2) is 46.3 Å². The number of carbonyl (C=O) groups excluding carboxylic acids is 2. The lowest BCUT2D eigenvalue weighted by Crippen LogP contribution is -2.39. The molecule has 0 spiro atoms. The third-order valence-electron chi connectivity index (χ3n) is 6.85. The summed E-state index contributed by atoms with van der Waals surface area (Å²) in [6, 6.07) is 15.6. The maximum absolute atomic E-state index is 13.2. The van der Waals surface area contributed by atoms with Crippen molar-refractivity contribution in [3.63, 3.8) is 0 Å². The zero-order valence-corrected chi connectivity index (χ0v) is 21.9. The monoisotopic (exact) mass is 516 g/mol. The first-order valence-corrected chi connectivity index (χ1v) is 12.8. The van der Waals surface area contributed by atoms with Crippen LogP contribution in [0, 0.1) is 24.0 Å². The lowest BCUT2D eigenvalue weighted by atomic mass is 9.89. The number of non-ortho nitro benzene ring substituents is 1. The number of carbonyl (C=O) groups is 2. The number of nitro benzene ring substituents is 1. The number of para-hydroxylation sites is 1. The third-order valence-corrected chi connectivity index (χ3v) is 6.85. The average molecular weight is 517 g/mol. The minimum Gasteiger partial charge on any atom is -0.494 e. The summed E-state index contributed by atoms with van der Waals surface area (Å²) < 4.78 is 5.67. The molecule has 1 fully saturated rings. The van der Waals surface area contributed by atoms with Crippen molar-refractivity contribution in [2.45, 2.75) is 46.1 Å². The number of ether oxygens (including phenoxy) is 1. The number of benzene rings is 2. The summed E-state index contributed by atoms with van der Waals surface area (Å²) in [6.45, 7) is 7.42. The van der Waals surface area contributed by atoms with Gasteiger partial charge in [0, 0.05) is 54.5 Å². The Morgan fingerprint density at radius 3 is 2.53 bits per heavy atom. The van der Waals surface area contributed by atoms with Crippen LogP contribution >= 0.6 is 0 Å². The molecule has 198 valence electrons.